The van der Waals surface area contributed by atoms with Gasteiger partial charge >= 0.3 is 0 Å². The molecule has 0 unspecified atom stereocenters. The highest BCUT2D eigenvalue weighted by Gasteiger charge is 2.19. The van der Waals surface area contributed by atoms with Crippen LogP contribution in [0.25, 0.3) is 54.5 Å². The molecule has 6 rings (SSSR count). The lowest BCUT2D eigenvalue weighted by Crippen LogP contribution is -2.23. The third-order valence-corrected chi connectivity index (χ3v) is 7.81. The van der Waals surface area contributed by atoms with E-state index in [-0.39, 0.29) is 5.95 Å². The molecule has 170 valence electrons. The minimum absolute atomic E-state index is 0.172. The summed E-state index contributed by atoms with van der Waals surface area (Å²) in [5.41, 5.74) is 3.57. The van der Waals surface area contributed by atoms with E-state index in [0.717, 1.165) is 43.5 Å². The Morgan fingerprint density at radius 3 is 2.62 bits per heavy atom. The van der Waals surface area contributed by atoms with Crippen LogP contribution < -0.4 is 4.72 Å². The van der Waals surface area contributed by atoms with Crippen LogP contribution in [0, 0.1) is 6.92 Å². The molecule has 3 aromatic carbocycles. The average Bonchev–Trinajstić information content (AvgIpc) is 3.40. The van der Waals surface area contributed by atoms with Crippen LogP contribution in [0.1, 0.15) is 19.5 Å². The molecular weight excluding hydrogens is 450 g/mol. The van der Waals surface area contributed by atoms with Crippen molar-refractivity contribution in [3.05, 3.63) is 60.4 Å². The molecule has 0 aliphatic carbocycles. The molecule has 3 heterocycles. The zero-order valence-electron chi connectivity index (χ0n) is 18.7. The number of rotatable bonds is 3. The number of benzene rings is 2. The standard InChI is InChI=1S/C25H21N5O3S/c1-13(2)34(31,32)30-25-27-20-12-17-11-19(23(20)28-25)18-8-5-9-26-22(18)15-6-4-7-16(10-15)24-21(17)14(3)29-33-24/h4-13H,1-3H3,(H2,27,28,30). The van der Waals surface area contributed by atoms with E-state index in [4.69, 9.17) is 4.52 Å². The SMILES string of the molecule is Cc1noc2c3cccc(c3)c3ncccc3c3cc(cc4[nH]c(NS(=O)(=O)C(C)C)nc43)c12. The first-order valence-corrected chi connectivity index (χ1v) is 12.4. The number of pyridine rings is 1. The predicted octanol–water partition coefficient (Wildman–Crippen LogP) is 5.58. The number of aryl methyl sites for hydroxylation is 1. The van der Waals surface area contributed by atoms with Crippen molar-refractivity contribution >= 4 is 70.4 Å². The lowest BCUT2D eigenvalue weighted by molar-refractivity contribution is 0.452. The molecule has 0 atom stereocenters. The minimum atomic E-state index is -3.56. The molecule has 8 nitrogen and oxygen atoms in total. The molecule has 34 heavy (non-hydrogen) atoms. The molecule has 2 N–H and O–H groups in total. The summed E-state index contributed by atoms with van der Waals surface area (Å²) < 4.78 is 33.3. The van der Waals surface area contributed by atoms with Gasteiger partial charge in [-0.1, -0.05) is 29.4 Å². The first-order valence-electron chi connectivity index (χ1n) is 10.9. The zero-order chi connectivity index (χ0) is 23.6. The molecular formula is C25H21N5O3S. The van der Waals surface area contributed by atoms with Crippen molar-refractivity contribution in [3.63, 3.8) is 0 Å². The fourth-order valence-corrected chi connectivity index (χ4v) is 4.94. The predicted molar refractivity (Wildman–Crippen MR) is 135 cm³/mol. The number of hydrogen-bond donors (Lipinski definition) is 2. The highest BCUT2D eigenvalue weighted by molar-refractivity contribution is 7.93. The van der Waals surface area contributed by atoms with E-state index in [2.05, 4.69) is 24.8 Å². The van der Waals surface area contributed by atoms with Crippen molar-refractivity contribution in [3.8, 4) is 0 Å². The lowest BCUT2D eigenvalue weighted by Gasteiger charge is -2.07. The Kier molecular flexibility index (Phi) is 4.40. The maximum absolute atomic E-state index is 12.5. The van der Waals surface area contributed by atoms with Crippen molar-refractivity contribution in [1.82, 2.24) is 20.1 Å². The molecule has 4 bridgehead atoms. The normalized spacial score (nSPS) is 12.5. The molecule has 0 aliphatic rings. The van der Waals surface area contributed by atoms with Crippen LogP contribution in [0.2, 0.25) is 0 Å². The van der Waals surface area contributed by atoms with Crippen LogP contribution >= 0.6 is 0 Å². The Morgan fingerprint density at radius 1 is 0.971 bits per heavy atom. The number of nitrogens with zero attached hydrogens (tertiary/aromatic N) is 3. The van der Waals surface area contributed by atoms with Crippen LogP contribution in [0.15, 0.2) is 59.3 Å². The summed E-state index contributed by atoms with van der Waals surface area (Å²) >= 11 is 0. The van der Waals surface area contributed by atoms with E-state index in [1.807, 2.05) is 55.5 Å². The Balaban J connectivity index is 1.86. The molecule has 0 saturated carbocycles. The number of aromatic amines is 1. The van der Waals surface area contributed by atoms with E-state index in [1.165, 1.54) is 0 Å². The molecule has 6 aromatic rings. The van der Waals surface area contributed by atoms with E-state index in [1.54, 1.807) is 20.0 Å². The van der Waals surface area contributed by atoms with Gasteiger partial charge in [0, 0.05) is 27.7 Å². The summed E-state index contributed by atoms with van der Waals surface area (Å²) in [6.45, 7) is 5.15. The monoisotopic (exact) mass is 471 g/mol. The van der Waals surface area contributed by atoms with Crippen LogP contribution in [0.4, 0.5) is 5.95 Å². The molecule has 0 aliphatic heterocycles. The van der Waals surface area contributed by atoms with Gasteiger partial charge in [-0.3, -0.25) is 9.71 Å². The van der Waals surface area contributed by atoms with Gasteiger partial charge in [-0.25, -0.2) is 13.4 Å². The smallest absolute Gasteiger partial charge is 0.237 e. The Morgan fingerprint density at radius 2 is 1.79 bits per heavy atom. The van der Waals surface area contributed by atoms with Crippen molar-refractivity contribution in [2.24, 2.45) is 0 Å². The van der Waals surface area contributed by atoms with Gasteiger partial charge < -0.3 is 9.51 Å². The maximum atomic E-state index is 12.5. The third kappa shape index (κ3) is 3.12. The fourth-order valence-electron chi connectivity index (χ4n) is 4.34. The minimum Gasteiger partial charge on any atom is -0.355 e. The van der Waals surface area contributed by atoms with Gasteiger partial charge in [0.15, 0.2) is 5.58 Å². The zero-order valence-corrected chi connectivity index (χ0v) is 19.6. The van der Waals surface area contributed by atoms with Gasteiger partial charge in [0.2, 0.25) is 16.0 Å². The Labute approximate surface area is 194 Å². The average molecular weight is 472 g/mol. The van der Waals surface area contributed by atoms with Crippen molar-refractivity contribution in [1.29, 1.82) is 0 Å². The largest absolute Gasteiger partial charge is 0.355 e. The van der Waals surface area contributed by atoms with E-state index >= 15 is 0 Å². The van der Waals surface area contributed by atoms with E-state index in [0.29, 0.717) is 16.6 Å². The second-order valence-corrected chi connectivity index (χ2v) is 10.9. The van der Waals surface area contributed by atoms with Gasteiger partial charge in [-0.2, -0.15) is 0 Å². The maximum Gasteiger partial charge on any atom is 0.237 e. The number of nitrogens with one attached hydrogen (secondary N) is 2. The molecule has 0 amide bonds. The summed E-state index contributed by atoms with van der Waals surface area (Å²) in [4.78, 5) is 12.5. The van der Waals surface area contributed by atoms with Gasteiger partial charge in [0.1, 0.15) is 0 Å². The Bertz CT molecular complexity index is 1900. The number of imidazole rings is 1. The molecule has 3 aromatic heterocycles. The summed E-state index contributed by atoms with van der Waals surface area (Å²) in [5, 5.41) is 8.99. The third-order valence-electron chi connectivity index (χ3n) is 6.09. The summed E-state index contributed by atoms with van der Waals surface area (Å²) in [6, 6.07) is 15.9. The summed E-state index contributed by atoms with van der Waals surface area (Å²) in [6.07, 6.45) is 1.76. The lowest BCUT2D eigenvalue weighted by atomic mass is 10.0. The van der Waals surface area contributed by atoms with Crippen molar-refractivity contribution in [2.45, 2.75) is 26.0 Å². The molecule has 0 spiro atoms. The second kappa shape index (κ2) is 7.26. The van der Waals surface area contributed by atoms with Crippen LogP contribution in [-0.2, 0) is 10.0 Å². The van der Waals surface area contributed by atoms with Gasteiger partial charge in [0.25, 0.3) is 0 Å². The number of aromatic nitrogens is 4. The summed E-state index contributed by atoms with van der Waals surface area (Å²) in [5.74, 6) is 0.172. The Hall–Kier alpha value is -3.98. The quantitative estimate of drug-likeness (QED) is 0.348. The van der Waals surface area contributed by atoms with Crippen molar-refractivity contribution < 1.29 is 12.9 Å². The molecule has 0 fully saturated rings. The first kappa shape index (κ1) is 20.6. The second-order valence-electron chi connectivity index (χ2n) is 8.65. The molecule has 0 saturated heterocycles. The van der Waals surface area contributed by atoms with Gasteiger partial charge in [-0.15, -0.1) is 0 Å². The van der Waals surface area contributed by atoms with Crippen LogP contribution in [0.5, 0.6) is 0 Å². The van der Waals surface area contributed by atoms with Crippen LogP contribution in [-0.4, -0.2) is 33.8 Å². The van der Waals surface area contributed by atoms with E-state index in [9.17, 15) is 8.42 Å². The number of anilines is 1. The summed E-state index contributed by atoms with van der Waals surface area (Å²) in [7, 11) is -3.56. The van der Waals surface area contributed by atoms with Crippen LogP contribution in [0.3, 0.4) is 0 Å². The number of H-pyrrole nitrogens is 1. The highest BCUT2D eigenvalue weighted by Crippen LogP contribution is 2.34. The van der Waals surface area contributed by atoms with Crippen molar-refractivity contribution in [2.75, 3.05) is 4.72 Å². The molecule has 0 radical (unpaired) electrons. The number of sulfonamides is 1. The number of fused-ring (bicyclic) bond motifs is 12. The number of hydrogen-bond acceptors (Lipinski definition) is 6. The first-order chi connectivity index (χ1) is 16.3. The van der Waals surface area contributed by atoms with Gasteiger partial charge in [0.05, 0.1) is 32.9 Å². The topological polar surface area (TPSA) is 114 Å². The molecule has 9 heteroatoms. The van der Waals surface area contributed by atoms with E-state index < -0.39 is 15.3 Å². The fraction of sp³-hybridized carbons (Fsp3) is 0.160. The van der Waals surface area contributed by atoms with Gasteiger partial charge in [-0.05, 0) is 50.4 Å². The highest BCUT2D eigenvalue weighted by atomic mass is 32.2.